The topological polar surface area (TPSA) is 58.6 Å². The fourth-order valence-corrected chi connectivity index (χ4v) is 2.89. The number of ether oxygens (including phenoxy) is 1. The molecule has 5 heteroatoms. The summed E-state index contributed by atoms with van der Waals surface area (Å²) < 4.78 is 4.72. The third kappa shape index (κ3) is 4.23. The number of hydrogen-bond acceptors (Lipinski definition) is 3. The van der Waals surface area contributed by atoms with Crippen LogP contribution in [0.1, 0.15) is 34.3 Å². The van der Waals surface area contributed by atoms with Gasteiger partial charge >= 0.3 is 6.09 Å². The van der Waals surface area contributed by atoms with Crippen LogP contribution in [-0.4, -0.2) is 43.6 Å². The molecule has 2 rings (SSSR count). The first kappa shape index (κ1) is 16.3. The van der Waals surface area contributed by atoms with Crippen LogP contribution in [0.3, 0.4) is 0 Å². The van der Waals surface area contributed by atoms with Crippen molar-refractivity contribution < 1.29 is 14.3 Å². The number of carbonyl (C=O) groups excluding carboxylic acids is 2. The number of likely N-dealkylation sites (tertiary alicyclic amines) is 1. The molecule has 1 aliphatic heterocycles. The van der Waals surface area contributed by atoms with Crippen LogP contribution < -0.4 is 5.32 Å². The van der Waals surface area contributed by atoms with Gasteiger partial charge in [-0.1, -0.05) is 17.2 Å². The van der Waals surface area contributed by atoms with E-state index < -0.39 is 0 Å². The Morgan fingerprint density at radius 3 is 2.32 bits per heavy atom. The Kier molecular flexibility index (Phi) is 5.41. The number of rotatable bonds is 3. The van der Waals surface area contributed by atoms with Crippen molar-refractivity contribution in [3.63, 3.8) is 0 Å². The van der Waals surface area contributed by atoms with Gasteiger partial charge in [-0.3, -0.25) is 4.79 Å². The van der Waals surface area contributed by atoms with E-state index in [0.717, 1.165) is 24.0 Å². The molecule has 0 radical (unpaired) electrons. The van der Waals surface area contributed by atoms with Crippen molar-refractivity contribution in [2.75, 3.05) is 26.7 Å². The minimum absolute atomic E-state index is 0.0257. The number of methoxy groups -OCH3 is 1. The Morgan fingerprint density at radius 2 is 1.77 bits per heavy atom. The lowest BCUT2D eigenvalue weighted by Crippen LogP contribution is -2.41. The second-order valence-electron chi connectivity index (χ2n) is 5.99. The van der Waals surface area contributed by atoms with Gasteiger partial charge in [0.25, 0.3) is 5.91 Å². The molecule has 1 N–H and O–H groups in total. The molecule has 0 aromatic heterocycles. The average molecular weight is 304 g/mol. The molecule has 22 heavy (non-hydrogen) atoms. The maximum absolute atomic E-state index is 12.2. The maximum Gasteiger partial charge on any atom is 0.409 e. The molecule has 1 saturated heterocycles. The second-order valence-corrected chi connectivity index (χ2v) is 5.99. The number of nitrogens with zero attached hydrogens (tertiary/aromatic N) is 1. The normalized spacial score (nSPS) is 15.5. The van der Waals surface area contributed by atoms with Crippen LogP contribution in [0.25, 0.3) is 0 Å². The Hall–Kier alpha value is -2.04. The standard InChI is InChI=1S/C17H24N2O3/c1-12-8-13(2)10-15(9-12)16(20)18-11-14-4-6-19(7-5-14)17(21)22-3/h8-10,14H,4-7,11H2,1-3H3,(H,18,20). The lowest BCUT2D eigenvalue weighted by Gasteiger charge is -2.30. The molecule has 2 amide bonds. The predicted molar refractivity (Wildman–Crippen MR) is 85.0 cm³/mol. The molecular formula is C17H24N2O3. The molecule has 120 valence electrons. The van der Waals surface area contributed by atoms with Crippen molar-refractivity contribution in [3.05, 3.63) is 34.9 Å². The van der Waals surface area contributed by atoms with Gasteiger partial charge in [-0.2, -0.15) is 0 Å². The number of carbonyl (C=O) groups is 2. The van der Waals surface area contributed by atoms with E-state index in [0.29, 0.717) is 31.1 Å². The van der Waals surface area contributed by atoms with Crippen molar-refractivity contribution in [2.45, 2.75) is 26.7 Å². The third-order valence-corrected chi connectivity index (χ3v) is 4.08. The number of aryl methyl sites for hydroxylation is 2. The zero-order valence-corrected chi connectivity index (χ0v) is 13.5. The number of piperidine rings is 1. The van der Waals surface area contributed by atoms with E-state index in [1.54, 1.807) is 4.90 Å². The quantitative estimate of drug-likeness (QED) is 0.933. The smallest absolute Gasteiger partial charge is 0.409 e. The lowest BCUT2D eigenvalue weighted by molar-refractivity contribution is 0.0914. The van der Waals surface area contributed by atoms with Gasteiger partial charge in [0.15, 0.2) is 0 Å². The van der Waals surface area contributed by atoms with Crippen molar-refractivity contribution in [2.24, 2.45) is 5.92 Å². The fourth-order valence-electron chi connectivity index (χ4n) is 2.89. The van der Waals surface area contributed by atoms with E-state index in [1.807, 2.05) is 26.0 Å². The van der Waals surface area contributed by atoms with E-state index in [4.69, 9.17) is 4.74 Å². The second kappa shape index (κ2) is 7.29. The van der Waals surface area contributed by atoms with Gasteiger partial charge in [0.2, 0.25) is 0 Å². The zero-order valence-electron chi connectivity index (χ0n) is 13.5. The largest absolute Gasteiger partial charge is 0.453 e. The summed E-state index contributed by atoms with van der Waals surface area (Å²) in [5, 5.41) is 3.01. The van der Waals surface area contributed by atoms with E-state index in [1.165, 1.54) is 7.11 Å². The fraction of sp³-hybridized carbons (Fsp3) is 0.529. The van der Waals surface area contributed by atoms with Gasteiger partial charge in [-0.25, -0.2) is 4.79 Å². The van der Waals surface area contributed by atoms with E-state index in [-0.39, 0.29) is 12.0 Å². The molecule has 1 aromatic rings. The van der Waals surface area contributed by atoms with Crippen molar-refractivity contribution in [1.82, 2.24) is 10.2 Å². The SMILES string of the molecule is COC(=O)N1CCC(CNC(=O)c2cc(C)cc(C)c2)CC1. The molecule has 0 bridgehead atoms. The first-order chi connectivity index (χ1) is 10.5. The van der Waals surface area contributed by atoms with Gasteiger partial charge in [-0.15, -0.1) is 0 Å². The Morgan fingerprint density at radius 1 is 1.18 bits per heavy atom. The highest BCUT2D eigenvalue weighted by molar-refractivity contribution is 5.94. The molecule has 1 aromatic carbocycles. The Balaban J connectivity index is 1.81. The molecule has 0 atom stereocenters. The minimum Gasteiger partial charge on any atom is -0.453 e. The van der Waals surface area contributed by atoms with Gasteiger partial charge in [0.1, 0.15) is 0 Å². The molecule has 1 fully saturated rings. The van der Waals surface area contributed by atoms with Gasteiger partial charge < -0.3 is 15.0 Å². The van der Waals surface area contributed by atoms with Crippen LogP contribution in [0.15, 0.2) is 18.2 Å². The summed E-state index contributed by atoms with van der Waals surface area (Å²) in [6.45, 7) is 6.02. The van der Waals surface area contributed by atoms with Gasteiger partial charge in [0.05, 0.1) is 7.11 Å². The molecule has 0 spiro atoms. The van der Waals surface area contributed by atoms with E-state index in [2.05, 4.69) is 11.4 Å². The van der Waals surface area contributed by atoms with Crippen LogP contribution in [0, 0.1) is 19.8 Å². The average Bonchev–Trinajstić information content (AvgIpc) is 2.51. The molecule has 0 saturated carbocycles. The summed E-state index contributed by atoms with van der Waals surface area (Å²) in [6.07, 6.45) is 1.52. The Labute approximate surface area is 131 Å². The van der Waals surface area contributed by atoms with Crippen LogP contribution in [0.4, 0.5) is 4.79 Å². The first-order valence-corrected chi connectivity index (χ1v) is 7.69. The highest BCUT2D eigenvalue weighted by atomic mass is 16.5. The van der Waals surface area contributed by atoms with Gasteiger partial charge in [-0.05, 0) is 44.7 Å². The minimum atomic E-state index is -0.266. The number of amides is 2. The molecular weight excluding hydrogens is 280 g/mol. The van der Waals surface area contributed by atoms with Crippen molar-refractivity contribution >= 4 is 12.0 Å². The summed E-state index contributed by atoms with van der Waals surface area (Å²) in [5.41, 5.74) is 2.90. The van der Waals surface area contributed by atoms with Crippen LogP contribution in [0.2, 0.25) is 0 Å². The first-order valence-electron chi connectivity index (χ1n) is 7.69. The van der Waals surface area contributed by atoms with Gasteiger partial charge in [0, 0.05) is 25.2 Å². The summed E-state index contributed by atoms with van der Waals surface area (Å²) in [6, 6.07) is 5.86. The lowest BCUT2D eigenvalue weighted by atomic mass is 9.97. The van der Waals surface area contributed by atoms with E-state index in [9.17, 15) is 9.59 Å². The highest BCUT2D eigenvalue weighted by Crippen LogP contribution is 2.17. The monoisotopic (exact) mass is 304 g/mol. The number of benzene rings is 1. The molecule has 1 aliphatic rings. The van der Waals surface area contributed by atoms with Crippen molar-refractivity contribution in [1.29, 1.82) is 0 Å². The summed E-state index contributed by atoms with van der Waals surface area (Å²) in [4.78, 5) is 25.3. The predicted octanol–water partition coefficient (Wildman–Crippen LogP) is 2.51. The van der Waals surface area contributed by atoms with Crippen LogP contribution in [0.5, 0.6) is 0 Å². The van der Waals surface area contributed by atoms with Crippen molar-refractivity contribution in [3.8, 4) is 0 Å². The molecule has 0 unspecified atom stereocenters. The molecule has 1 heterocycles. The molecule has 5 nitrogen and oxygen atoms in total. The molecule has 0 aliphatic carbocycles. The Bertz CT molecular complexity index is 529. The summed E-state index contributed by atoms with van der Waals surface area (Å²) >= 11 is 0. The summed E-state index contributed by atoms with van der Waals surface area (Å²) in [5.74, 6) is 0.387. The summed E-state index contributed by atoms with van der Waals surface area (Å²) in [7, 11) is 1.40. The highest BCUT2D eigenvalue weighted by Gasteiger charge is 2.23. The zero-order chi connectivity index (χ0) is 16.1. The third-order valence-electron chi connectivity index (χ3n) is 4.08. The number of nitrogens with one attached hydrogen (secondary N) is 1. The maximum atomic E-state index is 12.2. The van der Waals surface area contributed by atoms with E-state index >= 15 is 0 Å². The van der Waals surface area contributed by atoms with Crippen LogP contribution >= 0.6 is 0 Å². The number of hydrogen-bond donors (Lipinski definition) is 1. The van der Waals surface area contributed by atoms with Crippen LogP contribution in [-0.2, 0) is 4.74 Å².